The van der Waals surface area contributed by atoms with Crippen LogP contribution in [0.3, 0.4) is 0 Å². The zero-order chi connectivity index (χ0) is 15.1. The Morgan fingerprint density at radius 1 is 1.19 bits per heavy atom. The smallest absolute Gasteiger partial charge is 0.119 e. The zero-order valence-electron chi connectivity index (χ0n) is 13.6. The minimum atomic E-state index is 0.337. The third kappa shape index (κ3) is 4.21. The van der Waals surface area contributed by atoms with Crippen LogP contribution in [-0.2, 0) is 0 Å². The molecule has 0 radical (unpaired) electrons. The average Bonchev–Trinajstić information content (AvgIpc) is 2.75. The van der Waals surface area contributed by atoms with Gasteiger partial charge in [-0.1, -0.05) is 31.9 Å². The molecule has 1 fully saturated rings. The lowest BCUT2D eigenvalue weighted by Gasteiger charge is -2.36. The molecule has 0 aromatic heterocycles. The number of nitrogens with zero attached hydrogens (tertiary/aromatic N) is 1. The van der Waals surface area contributed by atoms with E-state index in [1.165, 1.54) is 44.2 Å². The fourth-order valence-corrected chi connectivity index (χ4v) is 3.46. The summed E-state index contributed by atoms with van der Waals surface area (Å²) in [6.45, 7) is 6.89. The maximum atomic E-state index is 6.13. The van der Waals surface area contributed by atoms with Crippen LogP contribution in [0.4, 0.5) is 0 Å². The van der Waals surface area contributed by atoms with Gasteiger partial charge in [-0.15, -0.1) is 0 Å². The van der Waals surface area contributed by atoms with E-state index in [1.54, 1.807) is 0 Å². The van der Waals surface area contributed by atoms with Crippen LogP contribution in [-0.4, -0.2) is 30.6 Å². The Hall–Kier alpha value is -1.06. The Morgan fingerprint density at radius 2 is 1.95 bits per heavy atom. The molecule has 118 valence electrons. The molecule has 0 spiro atoms. The number of nitrogens with two attached hydrogens (primary N) is 1. The lowest BCUT2D eigenvalue weighted by molar-refractivity contribution is 0.136. The summed E-state index contributed by atoms with van der Waals surface area (Å²) in [5.74, 6) is 0.944. The van der Waals surface area contributed by atoms with Crippen LogP contribution in [0, 0.1) is 0 Å². The van der Waals surface area contributed by atoms with E-state index < -0.39 is 0 Å². The quantitative estimate of drug-likeness (QED) is 0.867. The predicted octanol–water partition coefficient (Wildman–Crippen LogP) is 3.74. The molecule has 2 unspecified atom stereocenters. The molecule has 1 heterocycles. The largest absolute Gasteiger partial charge is 0.494 e. The van der Waals surface area contributed by atoms with Gasteiger partial charge in [-0.25, -0.2) is 0 Å². The van der Waals surface area contributed by atoms with Gasteiger partial charge in [0.05, 0.1) is 6.61 Å². The van der Waals surface area contributed by atoms with E-state index >= 15 is 0 Å². The SMILES string of the molecule is CCOc1ccc(C(CN)N2CCCCCC2CC)cc1. The summed E-state index contributed by atoms with van der Waals surface area (Å²) in [7, 11) is 0. The van der Waals surface area contributed by atoms with Crippen LogP contribution < -0.4 is 10.5 Å². The number of ether oxygens (including phenoxy) is 1. The fraction of sp³-hybridized carbons (Fsp3) is 0.667. The van der Waals surface area contributed by atoms with Crippen molar-refractivity contribution in [1.82, 2.24) is 4.90 Å². The normalized spacial score (nSPS) is 21.8. The molecule has 1 aromatic rings. The highest BCUT2D eigenvalue weighted by atomic mass is 16.5. The van der Waals surface area contributed by atoms with Gasteiger partial charge in [-0.05, 0) is 50.4 Å². The van der Waals surface area contributed by atoms with Gasteiger partial charge >= 0.3 is 0 Å². The van der Waals surface area contributed by atoms with E-state index in [1.807, 2.05) is 6.92 Å². The average molecular weight is 290 g/mol. The molecule has 2 atom stereocenters. The van der Waals surface area contributed by atoms with E-state index in [-0.39, 0.29) is 0 Å². The Balaban J connectivity index is 2.16. The fourth-order valence-electron chi connectivity index (χ4n) is 3.46. The van der Waals surface area contributed by atoms with E-state index in [0.717, 1.165) is 5.75 Å². The van der Waals surface area contributed by atoms with Crippen LogP contribution in [0.25, 0.3) is 0 Å². The van der Waals surface area contributed by atoms with Gasteiger partial charge in [-0.2, -0.15) is 0 Å². The summed E-state index contributed by atoms with van der Waals surface area (Å²) < 4.78 is 5.54. The zero-order valence-corrected chi connectivity index (χ0v) is 13.6. The van der Waals surface area contributed by atoms with E-state index in [4.69, 9.17) is 10.5 Å². The van der Waals surface area contributed by atoms with Crippen molar-refractivity contribution in [2.45, 2.75) is 58.0 Å². The van der Waals surface area contributed by atoms with Crippen molar-refractivity contribution in [2.24, 2.45) is 5.73 Å². The second-order valence-corrected chi connectivity index (χ2v) is 5.90. The van der Waals surface area contributed by atoms with Gasteiger partial charge in [0, 0.05) is 18.6 Å². The summed E-state index contributed by atoms with van der Waals surface area (Å²) in [5.41, 5.74) is 7.45. The van der Waals surface area contributed by atoms with Crippen molar-refractivity contribution in [2.75, 3.05) is 19.7 Å². The molecule has 0 bridgehead atoms. The molecule has 1 aliphatic rings. The standard InChI is InChI=1S/C18H30N2O/c1-3-16-8-6-5-7-13-20(16)18(14-19)15-9-11-17(12-10-15)21-4-2/h9-12,16,18H,3-8,13-14,19H2,1-2H3. The van der Waals surface area contributed by atoms with Crippen LogP contribution in [0.1, 0.15) is 57.6 Å². The van der Waals surface area contributed by atoms with Crippen LogP contribution in [0.15, 0.2) is 24.3 Å². The van der Waals surface area contributed by atoms with Crippen molar-refractivity contribution in [1.29, 1.82) is 0 Å². The maximum absolute atomic E-state index is 6.13. The molecule has 0 aliphatic carbocycles. The van der Waals surface area contributed by atoms with Crippen molar-refractivity contribution < 1.29 is 4.74 Å². The van der Waals surface area contributed by atoms with Crippen LogP contribution in [0.5, 0.6) is 5.75 Å². The predicted molar refractivity (Wildman–Crippen MR) is 88.7 cm³/mol. The molecule has 3 nitrogen and oxygen atoms in total. The Kier molecular flexibility index (Phi) is 6.52. The number of benzene rings is 1. The third-order valence-electron chi connectivity index (χ3n) is 4.59. The first kappa shape index (κ1) is 16.3. The number of hydrogen-bond acceptors (Lipinski definition) is 3. The van der Waals surface area contributed by atoms with Gasteiger partial charge in [0.25, 0.3) is 0 Å². The summed E-state index contributed by atoms with van der Waals surface area (Å²) in [6.07, 6.45) is 6.53. The summed E-state index contributed by atoms with van der Waals surface area (Å²) in [6, 6.07) is 9.51. The third-order valence-corrected chi connectivity index (χ3v) is 4.59. The van der Waals surface area contributed by atoms with Crippen molar-refractivity contribution in [3.05, 3.63) is 29.8 Å². The second kappa shape index (κ2) is 8.40. The molecular formula is C18H30N2O. The van der Waals surface area contributed by atoms with E-state index in [0.29, 0.717) is 25.2 Å². The highest BCUT2D eigenvalue weighted by molar-refractivity contribution is 5.29. The molecular weight excluding hydrogens is 260 g/mol. The Bertz CT molecular complexity index is 404. The first-order valence-electron chi connectivity index (χ1n) is 8.48. The number of rotatable bonds is 6. The van der Waals surface area contributed by atoms with Crippen molar-refractivity contribution in [3.8, 4) is 5.75 Å². The number of hydrogen-bond donors (Lipinski definition) is 1. The highest BCUT2D eigenvalue weighted by Gasteiger charge is 2.26. The summed E-state index contributed by atoms with van der Waals surface area (Å²) in [4.78, 5) is 2.64. The molecule has 1 aromatic carbocycles. The monoisotopic (exact) mass is 290 g/mol. The lowest BCUT2D eigenvalue weighted by atomic mass is 10.0. The molecule has 2 N–H and O–H groups in total. The van der Waals surface area contributed by atoms with Gasteiger partial charge in [0.15, 0.2) is 0 Å². The van der Waals surface area contributed by atoms with E-state index in [2.05, 4.69) is 36.1 Å². The second-order valence-electron chi connectivity index (χ2n) is 5.90. The Labute approximate surface area is 129 Å². The minimum absolute atomic E-state index is 0.337. The maximum Gasteiger partial charge on any atom is 0.119 e. The molecule has 3 heteroatoms. The van der Waals surface area contributed by atoms with E-state index in [9.17, 15) is 0 Å². The minimum Gasteiger partial charge on any atom is -0.494 e. The molecule has 1 saturated heterocycles. The van der Waals surface area contributed by atoms with Crippen molar-refractivity contribution >= 4 is 0 Å². The first-order chi connectivity index (χ1) is 10.3. The summed E-state index contributed by atoms with van der Waals surface area (Å²) >= 11 is 0. The lowest BCUT2D eigenvalue weighted by Crippen LogP contribution is -2.41. The van der Waals surface area contributed by atoms with Crippen LogP contribution >= 0.6 is 0 Å². The topological polar surface area (TPSA) is 38.5 Å². The highest BCUT2D eigenvalue weighted by Crippen LogP contribution is 2.29. The number of likely N-dealkylation sites (tertiary alicyclic amines) is 1. The molecule has 0 saturated carbocycles. The van der Waals surface area contributed by atoms with Gasteiger partial charge in [0.2, 0.25) is 0 Å². The van der Waals surface area contributed by atoms with Gasteiger partial charge in [0.1, 0.15) is 5.75 Å². The Morgan fingerprint density at radius 3 is 2.57 bits per heavy atom. The van der Waals surface area contributed by atoms with Crippen molar-refractivity contribution in [3.63, 3.8) is 0 Å². The summed E-state index contributed by atoms with van der Waals surface area (Å²) in [5, 5.41) is 0. The molecule has 1 aliphatic heterocycles. The van der Waals surface area contributed by atoms with Gasteiger partial charge in [-0.3, -0.25) is 4.90 Å². The van der Waals surface area contributed by atoms with Crippen LogP contribution in [0.2, 0.25) is 0 Å². The first-order valence-corrected chi connectivity index (χ1v) is 8.48. The molecule has 2 rings (SSSR count). The molecule has 21 heavy (non-hydrogen) atoms. The van der Waals surface area contributed by atoms with Gasteiger partial charge < -0.3 is 10.5 Å². The molecule has 0 amide bonds.